The summed E-state index contributed by atoms with van der Waals surface area (Å²) in [6.45, 7) is 3.17. The Bertz CT molecular complexity index is 1900. The maximum Gasteiger partial charge on any atom is 0.411 e. The molecule has 0 unspecified atom stereocenters. The van der Waals surface area contributed by atoms with Crippen LogP contribution in [0, 0.1) is 0 Å². The Balaban J connectivity index is 1.65. The number of rotatable bonds is 8. The van der Waals surface area contributed by atoms with Crippen LogP contribution in [0.3, 0.4) is 0 Å². The first kappa shape index (κ1) is 29.5. The van der Waals surface area contributed by atoms with Crippen molar-refractivity contribution in [3.05, 3.63) is 109 Å². The molecule has 10 nitrogen and oxygen atoms in total. The summed E-state index contributed by atoms with van der Waals surface area (Å²) in [5.74, 6) is 6.30. The van der Waals surface area contributed by atoms with Gasteiger partial charge in [-0.1, -0.05) is 36.4 Å². The number of ether oxygens (including phenoxy) is 1. The fourth-order valence-electron chi connectivity index (χ4n) is 4.84. The number of hydrogen-bond acceptors (Lipinski definition) is 8. The number of carbonyl (C=O) groups excluding carboxylic acids is 2. The Morgan fingerprint density at radius 2 is 1.72 bits per heavy atom. The van der Waals surface area contributed by atoms with E-state index in [2.05, 4.69) is 10.3 Å². The lowest BCUT2D eigenvalue weighted by Crippen LogP contribution is -2.41. The van der Waals surface area contributed by atoms with Crippen molar-refractivity contribution in [2.75, 3.05) is 17.4 Å². The second-order valence-electron chi connectivity index (χ2n) is 10.2. The Kier molecular flexibility index (Phi) is 8.29. The number of nitrogens with two attached hydrogens (primary N) is 1. The molecule has 0 aliphatic heterocycles. The quantitative estimate of drug-likeness (QED) is 0.169. The molecule has 3 N–H and O–H groups in total. The lowest BCUT2D eigenvalue weighted by atomic mass is 10.0. The number of pyridine rings is 1. The van der Waals surface area contributed by atoms with Gasteiger partial charge >= 0.3 is 6.09 Å². The van der Waals surface area contributed by atoms with Gasteiger partial charge in [-0.2, -0.15) is 0 Å². The Labute approximate surface area is 249 Å². The van der Waals surface area contributed by atoms with Crippen molar-refractivity contribution in [3.63, 3.8) is 0 Å². The number of carbonyl (C=O) groups is 2. The van der Waals surface area contributed by atoms with Crippen LogP contribution in [0.4, 0.5) is 16.2 Å². The number of nitrogens with one attached hydrogen (secondary N) is 1. The van der Waals surface area contributed by atoms with E-state index in [0.29, 0.717) is 22.6 Å². The Hall–Kier alpha value is -5.00. The average Bonchev–Trinajstić information content (AvgIpc) is 3.51. The van der Waals surface area contributed by atoms with E-state index in [0.717, 1.165) is 10.8 Å². The number of amides is 1. The molecule has 0 aliphatic rings. The lowest BCUT2D eigenvalue weighted by Gasteiger charge is -2.29. The highest BCUT2D eigenvalue weighted by molar-refractivity contribution is 7.92. The maximum absolute atomic E-state index is 14.5. The smallest absolute Gasteiger partial charge is 0.411 e. The molecule has 0 spiro atoms. The molecular formula is C32H31N5O5S. The topological polar surface area (TPSA) is 137 Å². The minimum atomic E-state index is -3.79. The number of nitrogens with zero attached hydrogens (tertiary/aromatic N) is 3. The van der Waals surface area contributed by atoms with Gasteiger partial charge in [0.2, 0.25) is 0 Å². The van der Waals surface area contributed by atoms with Crippen LogP contribution < -0.4 is 16.2 Å². The summed E-state index contributed by atoms with van der Waals surface area (Å²) in [5.41, 5.74) is 2.10. The minimum Gasteiger partial charge on any atom is -0.453 e. The van der Waals surface area contributed by atoms with Crippen LogP contribution in [0.1, 0.15) is 30.2 Å². The van der Waals surface area contributed by atoms with Crippen molar-refractivity contribution in [2.24, 2.45) is 5.84 Å². The van der Waals surface area contributed by atoms with Gasteiger partial charge in [0.05, 0.1) is 28.6 Å². The van der Waals surface area contributed by atoms with Gasteiger partial charge in [0.25, 0.3) is 5.91 Å². The van der Waals surface area contributed by atoms with E-state index in [1.807, 2.05) is 54.6 Å². The zero-order valence-electron chi connectivity index (χ0n) is 23.8. The number of anilines is 2. The van der Waals surface area contributed by atoms with Crippen LogP contribution in [0.2, 0.25) is 0 Å². The average molecular weight is 598 g/mol. The molecule has 0 saturated heterocycles. The molecule has 5 rings (SSSR count). The molecule has 5 aromatic rings. The van der Waals surface area contributed by atoms with Crippen LogP contribution in [0.15, 0.2) is 108 Å². The molecule has 43 heavy (non-hydrogen) atoms. The minimum absolute atomic E-state index is 0.0228. The molecule has 3 aromatic carbocycles. The summed E-state index contributed by atoms with van der Waals surface area (Å²) in [5, 5.41) is 5.07. The van der Waals surface area contributed by atoms with E-state index >= 15 is 0 Å². The molecule has 2 heterocycles. The summed E-state index contributed by atoms with van der Waals surface area (Å²) in [4.78, 5) is 30.6. The van der Waals surface area contributed by atoms with E-state index in [9.17, 15) is 18.0 Å². The van der Waals surface area contributed by atoms with E-state index in [-0.39, 0.29) is 10.5 Å². The van der Waals surface area contributed by atoms with Crippen LogP contribution in [0.25, 0.3) is 22.0 Å². The van der Waals surface area contributed by atoms with Gasteiger partial charge in [0.1, 0.15) is 6.04 Å². The van der Waals surface area contributed by atoms with Gasteiger partial charge in [-0.3, -0.25) is 24.7 Å². The summed E-state index contributed by atoms with van der Waals surface area (Å²) in [6.07, 6.45) is 4.29. The molecule has 0 aliphatic carbocycles. The first-order valence-corrected chi connectivity index (χ1v) is 15.0. The summed E-state index contributed by atoms with van der Waals surface area (Å²) >= 11 is 0. The van der Waals surface area contributed by atoms with Crippen LogP contribution in [0.5, 0.6) is 0 Å². The van der Waals surface area contributed by atoms with Crippen molar-refractivity contribution < 1.29 is 22.7 Å². The van der Waals surface area contributed by atoms with Gasteiger partial charge in [-0.05, 0) is 73.3 Å². The van der Waals surface area contributed by atoms with Crippen molar-refractivity contribution in [1.82, 2.24) is 9.55 Å². The normalized spacial score (nSPS) is 12.2. The maximum atomic E-state index is 14.5. The van der Waals surface area contributed by atoms with Crippen molar-refractivity contribution >= 4 is 44.0 Å². The first-order chi connectivity index (χ1) is 20.6. The Morgan fingerprint density at radius 1 is 0.953 bits per heavy atom. The largest absolute Gasteiger partial charge is 0.453 e. The molecule has 0 saturated carbocycles. The summed E-state index contributed by atoms with van der Waals surface area (Å²) in [6, 6.07) is 23.3. The standard InChI is InChI=1S/C32H31N5O5S/c1-21(2)43(40,41)29-14-12-25(35-32(39)42-3)19-27(29)28-10-7-17-36(28)31(38)30(22-8-5-4-6-9-22)37(33)26-13-11-24-20-34-16-15-23(24)18-26/h4-21,30H,33H2,1-3H3,(H,35,39)/t30-/m0/s1. The van der Waals surface area contributed by atoms with Crippen LogP contribution in [-0.2, 0) is 14.6 Å². The number of benzene rings is 3. The Morgan fingerprint density at radius 3 is 2.44 bits per heavy atom. The third-order valence-corrected chi connectivity index (χ3v) is 9.36. The molecule has 1 amide bonds. The lowest BCUT2D eigenvalue weighted by molar-refractivity contribution is 0.0877. The van der Waals surface area contributed by atoms with Crippen LogP contribution in [-0.4, -0.2) is 42.3 Å². The first-order valence-electron chi connectivity index (χ1n) is 13.5. The number of hydrazine groups is 1. The molecule has 1 atom stereocenters. The van der Waals surface area contributed by atoms with Gasteiger partial charge in [0.15, 0.2) is 9.84 Å². The van der Waals surface area contributed by atoms with Crippen LogP contribution >= 0.6 is 0 Å². The molecule has 0 radical (unpaired) electrons. The zero-order valence-corrected chi connectivity index (χ0v) is 24.7. The fraction of sp³-hybridized carbons (Fsp3) is 0.156. The number of methoxy groups -OCH3 is 1. The number of hydrogen-bond donors (Lipinski definition) is 2. The third kappa shape index (κ3) is 5.85. The molecule has 2 aromatic heterocycles. The molecule has 0 fully saturated rings. The molecule has 11 heteroatoms. The molecule has 0 bridgehead atoms. The predicted molar refractivity (Wildman–Crippen MR) is 166 cm³/mol. The fourth-order valence-corrected chi connectivity index (χ4v) is 6.08. The van der Waals surface area contributed by atoms with Crippen molar-refractivity contribution in [3.8, 4) is 11.3 Å². The van der Waals surface area contributed by atoms with E-state index < -0.39 is 33.1 Å². The number of sulfone groups is 1. The monoisotopic (exact) mass is 597 g/mol. The summed E-state index contributed by atoms with van der Waals surface area (Å²) in [7, 11) is -2.56. The highest BCUT2D eigenvalue weighted by atomic mass is 32.2. The van der Waals surface area contributed by atoms with E-state index in [4.69, 9.17) is 10.6 Å². The SMILES string of the molecule is COC(=O)Nc1ccc(S(=O)(=O)C(C)C)c(-c2cccn2C(=O)[C@H](c2ccccc2)N(N)c2ccc3cnccc3c2)c1. The van der Waals surface area contributed by atoms with E-state index in [1.165, 1.54) is 34.9 Å². The van der Waals surface area contributed by atoms with Gasteiger partial charge in [-0.15, -0.1) is 0 Å². The highest BCUT2D eigenvalue weighted by Gasteiger charge is 2.31. The molecular weight excluding hydrogens is 566 g/mol. The zero-order chi connectivity index (χ0) is 30.7. The predicted octanol–water partition coefficient (Wildman–Crippen LogP) is 5.83. The third-order valence-electron chi connectivity index (χ3n) is 7.15. The number of fused-ring (bicyclic) bond motifs is 1. The number of aromatic nitrogens is 2. The van der Waals surface area contributed by atoms with Gasteiger partial charge in [0, 0.05) is 35.2 Å². The molecule has 220 valence electrons. The van der Waals surface area contributed by atoms with Crippen molar-refractivity contribution in [1.29, 1.82) is 0 Å². The van der Waals surface area contributed by atoms with Crippen molar-refractivity contribution in [2.45, 2.75) is 30.0 Å². The van der Waals surface area contributed by atoms with Gasteiger partial charge < -0.3 is 4.74 Å². The van der Waals surface area contributed by atoms with Gasteiger partial charge in [-0.25, -0.2) is 19.1 Å². The summed E-state index contributed by atoms with van der Waals surface area (Å²) < 4.78 is 33.0. The second kappa shape index (κ2) is 12.1. The van der Waals surface area contributed by atoms with E-state index in [1.54, 1.807) is 44.6 Å². The second-order valence-corrected chi connectivity index (χ2v) is 12.6. The highest BCUT2D eigenvalue weighted by Crippen LogP contribution is 2.35.